The van der Waals surface area contributed by atoms with Gasteiger partial charge in [-0.25, -0.2) is 0 Å². The fourth-order valence-corrected chi connectivity index (χ4v) is 5.64. The Balaban J connectivity index is 1.60. The van der Waals surface area contributed by atoms with Crippen molar-refractivity contribution >= 4 is 34.8 Å². The fraction of sp³-hybridized carbons (Fsp3) is 0.217. The van der Waals surface area contributed by atoms with E-state index in [0.717, 1.165) is 17.0 Å². The van der Waals surface area contributed by atoms with Crippen molar-refractivity contribution in [1.82, 2.24) is 4.98 Å². The number of carbonyl (C=O) groups is 1. The van der Waals surface area contributed by atoms with Gasteiger partial charge in [0.1, 0.15) is 12.0 Å². The number of pyridine rings is 1. The Labute approximate surface area is 201 Å². The third kappa shape index (κ3) is 3.19. The molecule has 1 aromatic heterocycles. The first kappa shape index (κ1) is 22.9. The molecule has 1 aliphatic heterocycles. The fourth-order valence-electron chi connectivity index (χ4n) is 5.13. The van der Waals surface area contributed by atoms with Crippen LogP contribution in [-0.2, 0) is 10.2 Å². The molecule has 2 fully saturated rings. The van der Waals surface area contributed by atoms with E-state index in [9.17, 15) is 28.2 Å². The van der Waals surface area contributed by atoms with E-state index < -0.39 is 41.2 Å². The molecule has 3 aromatic rings. The predicted octanol–water partition coefficient (Wildman–Crippen LogP) is 4.30. The predicted molar refractivity (Wildman–Crippen MR) is 117 cm³/mol. The van der Waals surface area contributed by atoms with Gasteiger partial charge in [-0.05, 0) is 53.6 Å². The molecule has 2 aromatic carbocycles. The Kier molecular flexibility index (Phi) is 5.11. The van der Waals surface area contributed by atoms with E-state index >= 15 is 0 Å². The topological polar surface area (TPSA) is 82.9 Å². The van der Waals surface area contributed by atoms with Gasteiger partial charge in [-0.2, -0.15) is 0 Å². The van der Waals surface area contributed by atoms with E-state index in [4.69, 9.17) is 23.2 Å². The summed E-state index contributed by atoms with van der Waals surface area (Å²) in [7, 11) is 0. The van der Waals surface area contributed by atoms with E-state index in [0.29, 0.717) is 11.1 Å². The summed E-state index contributed by atoms with van der Waals surface area (Å²) in [6.45, 7) is 0. The quantitative estimate of drug-likeness (QED) is 0.546. The minimum Gasteiger partial charge on any atom is -0.406 e. The molecular formula is C23H15Cl2F3N2O4. The third-order valence-electron chi connectivity index (χ3n) is 6.35. The monoisotopic (exact) mass is 510 g/mol. The number of halogens is 5. The maximum absolute atomic E-state index is 13.6. The molecule has 34 heavy (non-hydrogen) atoms. The number of piperidine rings is 1. The molecule has 2 unspecified atom stereocenters. The van der Waals surface area contributed by atoms with Crippen LogP contribution in [0.2, 0.25) is 10.0 Å². The van der Waals surface area contributed by atoms with Gasteiger partial charge in [0, 0.05) is 28.1 Å². The van der Waals surface area contributed by atoms with Gasteiger partial charge in [0.15, 0.2) is 5.60 Å². The smallest absolute Gasteiger partial charge is 0.406 e. The van der Waals surface area contributed by atoms with E-state index in [1.54, 1.807) is 12.1 Å². The lowest BCUT2D eigenvalue weighted by Gasteiger charge is -2.32. The van der Waals surface area contributed by atoms with Crippen molar-refractivity contribution in [1.29, 1.82) is 0 Å². The second-order valence-corrected chi connectivity index (χ2v) is 8.95. The van der Waals surface area contributed by atoms with Gasteiger partial charge < -0.3 is 14.9 Å². The second-order valence-electron chi connectivity index (χ2n) is 8.08. The van der Waals surface area contributed by atoms with Crippen LogP contribution in [0.4, 0.5) is 18.9 Å². The van der Waals surface area contributed by atoms with Crippen molar-refractivity contribution < 1.29 is 32.9 Å². The van der Waals surface area contributed by atoms with Crippen LogP contribution in [0.5, 0.6) is 5.75 Å². The number of carbonyl (C=O) groups excluding carboxylic acids is 1. The van der Waals surface area contributed by atoms with Crippen LogP contribution in [0.25, 0.3) is 0 Å². The SMILES string of the molecule is O=C1N(c2cc(Cl)cc(Cl)c2)C(O)[C@@H]2C1(O)[C@@]2(c1ccncc1)c1ccc(OC(F)(F)F)cc1. The molecule has 6 nitrogen and oxygen atoms in total. The number of aliphatic hydroxyl groups excluding tert-OH is 1. The van der Waals surface area contributed by atoms with Crippen molar-refractivity contribution in [2.24, 2.45) is 5.92 Å². The molecule has 0 bridgehead atoms. The molecule has 11 heteroatoms. The molecule has 2 heterocycles. The largest absolute Gasteiger partial charge is 0.573 e. The Bertz CT molecular complexity index is 1260. The minimum atomic E-state index is -4.87. The summed E-state index contributed by atoms with van der Waals surface area (Å²) in [6.07, 6.45) is -3.43. The molecule has 0 radical (unpaired) electrons. The van der Waals surface area contributed by atoms with Crippen LogP contribution in [0.1, 0.15) is 11.1 Å². The van der Waals surface area contributed by atoms with Crippen molar-refractivity contribution in [3.05, 3.63) is 88.2 Å². The number of rotatable bonds is 4. The molecule has 2 aliphatic rings. The highest BCUT2D eigenvalue weighted by Gasteiger charge is 2.89. The zero-order chi connectivity index (χ0) is 24.5. The number of benzene rings is 2. The summed E-state index contributed by atoms with van der Waals surface area (Å²) in [5.74, 6) is -2.29. The van der Waals surface area contributed by atoms with Crippen LogP contribution >= 0.6 is 23.2 Å². The Morgan fingerprint density at radius 2 is 1.53 bits per heavy atom. The molecular weight excluding hydrogens is 496 g/mol. The Hall–Kier alpha value is -2.85. The summed E-state index contributed by atoms with van der Waals surface area (Å²) in [5.41, 5.74) is -2.52. The number of fused-ring (bicyclic) bond motifs is 1. The first-order chi connectivity index (χ1) is 16.0. The molecule has 2 N–H and O–H groups in total. The molecule has 1 amide bonds. The first-order valence-corrected chi connectivity index (χ1v) is 10.7. The van der Waals surface area contributed by atoms with E-state index in [2.05, 4.69) is 9.72 Å². The minimum absolute atomic E-state index is 0.202. The van der Waals surface area contributed by atoms with Crippen LogP contribution < -0.4 is 9.64 Å². The normalized spacial score (nSPS) is 28.1. The lowest BCUT2D eigenvalue weighted by Crippen LogP contribution is -2.47. The molecule has 1 saturated heterocycles. The van der Waals surface area contributed by atoms with Gasteiger partial charge in [0.05, 0.1) is 11.3 Å². The highest BCUT2D eigenvalue weighted by molar-refractivity contribution is 6.35. The average Bonchev–Trinajstić information content (AvgIpc) is 3.28. The summed E-state index contributed by atoms with van der Waals surface area (Å²) in [5, 5.41) is 23.4. The molecule has 0 spiro atoms. The Morgan fingerprint density at radius 1 is 0.971 bits per heavy atom. The molecule has 5 rings (SSSR count). The van der Waals surface area contributed by atoms with Crippen LogP contribution in [0, 0.1) is 5.92 Å². The number of hydrogen-bond acceptors (Lipinski definition) is 5. The van der Waals surface area contributed by atoms with Gasteiger partial charge in [-0.3, -0.25) is 14.7 Å². The summed E-state index contributed by atoms with van der Waals surface area (Å²) in [4.78, 5) is 18.5. The summed E-state index contributed by atoms with van der Waals surface area (Å²) in [6, 6.07) is 12.3. The second kappa shape index (κ2) is 7.58. The van der Waals surface area contributed by atoms with Gasteiger partial charge in [0.25, 0.3) is 5.91 Å². The van der Waals surface area contributed by atoms with E-state index in [-0.39, 0.29) is 15.7 Å². The van der Waals surface area contributed by atoms with Gasteiger partial charge in [0.2, 0.25) is 0 Å². The third-order valence-corrected chi connectivity index (χ3v) is 6.78. The molecule has 1 saturated carbocycles. The zero-order valence-corrected chi connectivity index (χ0v) is 18.5. The van der Waals surface area contributed by atoms with E-state index in [1.165, 1.54) is 42.7 Å². The van der Waals surface area contributed by atoms with Crippen molar-refractivity contribution in [3.8, 4) is 5.75 Å². The number of ether oxygens (including phenoxy) is 1. The highest BCUT2D eigenvalue weighted by Crippen LogP contribution is 2.72. The first-order valence-electron chi connectivity index (χ1n) is 9.97. The summed E-state index contributed by atoms with van der Waals surface area (Å²) >= 11 is 12.1. The lowest BCUT2D eigenvalue weighted by atomic mass is 9.82. The number of amides is 1. The number of hydrogen-bond donors (Lipinski definition) is 2. The number of alkyl halides is 3. The average molecular weight is 511 g/mol. The molecule has 176 valence electrons. The Morgan fingerprint density at radius 3 is 2.03 bits per heavy atom. The van der Waals surface area contributed by atoms with Crippen LogP contribution in [0.15, 0.2) is 67.0 Å². The van der Waals surface area contributed by atoms with Crippen molar-refractivity contribution in [3.63, 3.8) is 0 Å². The zero-order valence-electron chi connectivity index (χ0n) is 17.0. The van der Waals surface area contributed by atoms with Gasteiger partial charge in [-0.1, -0.05) is 35.3 Å². The number of nitrogens with zero attached hydrogens (tertiary/aromatic N) is 2. The standard InChI is InChI=1S/C23H15Cl2F3N2O4/c24-14-9-15(25)11-16(10-14)30-19(31)18-21(22(18,33)20(30)32,13-5-7-29-8-6-13)12-1-3-17(4-2-12)34-23(26,27)28/h1-11,18-19,31,33H/t18-,19?,21+,22?/m0/s1. The molecule has 4 atom stereocenters. The maximum atomic E-state index is 13.6. The lowest BCUT2D eigenvalue weighted by molar-refractivity contribution is -0.274. The highest BCUT2D eigenvalue weighted by atomic mass is 35.5. The number of aromatic nitrogens is 1. The van der Waals surface area contributed by atoms with Crippen molar-refractivity contribution in [2.45, 2.75) is 23.6 Å². The van der Waals surface area contributed by atoms with Gasteiger partial charge >= 0.3 is 6.36 Å². The van der Waals surface area contributed by atoms with E-state index in [1.807, 2.05) is 0 Å². The van der Waals surface area contributed by atoms with Crippen LogP contribution in [-0.4, -0.2) is 39.3 Å². The van der Waals surface area contributed by atoms with Crippen LogP contribution in [0.3, 0.4) is 0 Å². The number of aliphatic hydroxyl groups is 2. The molecule has 1 aliphatic carbocycles. The maximum Gasteiger partial charge on any atom is 0.573 e. The summed E-state index contributed by atoms with van der Waals surface area (Å²) < 4.78 is 41.7. The van der Waals surface area contributed by atoms with Crippen molar-refractivity contribution in [2.75, 3.05) is 4.90 Å². The van der Waals surface area contributed by atoms with Gasteiger partial charge in [-0.15, -0.1) is 13.2 Å². The number of anilines is 1.